The van der Waals surface area contributed by atoms with Gasteiger partial charge in [-0.3, -0.25) is 33.7 Å². The number of piperidine rings is 1. The highest BCUT2D eigenvalue weighted by atomic mass is 32.1. The van der Waals surface area contributed by atoms with Crippen molar-refractivity contribution in [2.45, 2.75) is 77.8 Å². The van der Waals surface area contributed by atoms with Gasteiger partial charge in [-0.25, -0.2) is 0 Å². The number of ether oxygens (including phenoxy) is 3. The zero-order valence-corrected chi connectivity index (χ0v) is 31.6. The lowest BCUT2D eigenvalue weighted by atomic mass is 10.0. The number of nitrogens with zero attached hydrogens (tertiary/aromatic N) is 6. The van der Waals surface area contributed by atoms with Crippen molar-refractivity contribution in [1.82, 2.24) is 34.8 Å². The fourth-order valence-corrected chi connectivity index (χ4v) is 8.42. The molecule has 1 saturated heterocycles. The standard InChI is InChI=1S/C41H39N7O7S/c1-26-44-45-36-25-53-24-32-30(20-27-8-3-2-4-9-27)35(56-41(32)48(26)36)15-13-28-21-42-46(22-28)17-6-12-38(50)55-19-7-18-54-34-11-5-10-29-31(34)23-47(40(29)52)33-14-16-37(49)43-39(33)51/h2-5,8-11,21-22,33H,6-7,12,14,16-20,23-25H2,1H3,(H,43,49,51). The van der Waals surface area contributed by atoms with E-state index in [1.165, 1.54) is 10.5 Å². The van der Waals surface area contributed by atoms with Crippen LogP contribution in [0.2, 0.25) is 0 Å². The van der Waals surface area contributed by atoms with Crippen LogP contribution in [0.3, 0.4) is 0 Å². The van der Waals surface area contributed by atoms with E-state index in [-0.39, 0.29) is 50.4 Å². The normalized spacial score (nSPS) is 16.0. The first-order valence-electron chi connectivity index (χ1n) is 18.6. The highest BCUT2D eigenvalue weighted by molar-refractivity contribution is 7.15. The summed E-state index contributed by atoms with van der Waals surface area (Å²) in [5.74, 6) is 7.50. The zero-order chi connectivity index (χ0) is 38.6. The largest absolute Gasteiger partial charge is 0.493 e. The first-order chi connectivity index (χ1) is 27.3. The molecule has 0 spiro atoms. The number of aryl methyl sites for hydroxylation is 2. The Bertz CT molecular complexity index is 2370. The minimum absolute atomic E-state index is 0.192. The minimum Gasteiger partial charge on any atom is -0.493 e. The van der Waals surface area contributed by atoms with Crippen molar-refractivity contribution >= 4 is 35.0 Å². The summed E-state index contributed by atoms with van der Waals surface area (Å²) < 4.78 is 21.3. The van der Waals surface area contributed by atoms with Crippen molar-refractivity contribution in [3.63, 3.8) is 0 Å². The molecule has 0 bridgehead atoms. The summed E-state index contributed by atoms with van der Waals surface area (Å²) in [7, 11) is 0. The van der Waals surface area contributed by atoms with Gasteiger partial charge in [0, 0.05) is 48.7 Å². The number of hydrogen-bond acceptors (Lipinski definition) is 11. The summed E-state index contributed by atoms with van der Waals surface area (Å²) >= 11 is 1.63. The number of imide groups is 1. The number of thiophene rings is 1. The lowest BCUT2D eigenvalue weighted by Gasteiger charge is -2.29. The van der Waals surface area contributed by atoms with E-state index in [0.717, 1.165) is 44.6 Å². The Kier molecular flexibility index (Phi) is 10.7. The van der Waals surface area contributed by atoms with E-state index in [4.69, 9.17) is 14.2 Å². The summed E-state index contributed by atoms with van der Waals surface area (Å²) in [6, 6.07) is 14.9. The molecule has 5 aromatic rings. The Balaban J connectivity index is 0.812. The van der Waals surface area contributed by atoms with Gasteiger partial charge in [0.1, 0.15) is 29.2 Å². The van der Waals surface area contributed by atoms with Crippen LogP contribution in [0.1, 0.15) is 86.8 Å². The van der Waals surface area contributed by atoms with Gasteiger partial charge in [0.2, 0.25) is 11.8 Å². The van der Waals surface area contributed by atoms with Crippen LogP contribution in [0.25, 0.3) is 5.00 Å². The molecular weight excluding hydrogens is 735 g/mol. The second kappa shape index (κ2) is 16.3. The molecule has 1 fully saturated rings. The maximum absolute atomic E-state index is 13.1. The Morgan fingerprint density at radius 2 is 1.89 bits per heavy atom. The smallest absolute Gasteiger partial charge is 0.305 e. The van der Waals surface area contributed by atoms with Gasteiger partial charge < -0.3 is 19.1 Å². The Morgan fingerprint density at radius 1 is 1.02 bits per heavy atom. The molecule has 1 atom stereocenters. The summed E-state index contributed by atoms with van der Waals surface area (Å²) in [5.41, 5.74) is 5.40. The molecule has 2 aromatic carbocycles. The highest BCUT2D eigenvalue weighted by Gasteiger charge is 2.40. The maximum Gasteiger partial charge on any atom is 0.305 e. The molecule has 1 N–H and O–H groups in total. The second-order valence-corrected chi connectivity index (χ2v) is 14.8. The lowest BCUT2D eigenvalue weighted by molar-refractivity contribution is -0.144. The van der Waals surface area contributed by atoms with E-state index in [1.54, 1.807) is 40.4 Å². The van der Waals surface area contributed by atoms with Gasteiger partial charge >= 0.3 is 5.97 Å². The fourth-order valence-electron chi connectivity index (χ4n) is 7.17. The van der Waals surface area contributed by atoms with Crippen LogP contribution < -0.4 is 10.1 Å². The van der Waals surface area contributed by atoms with E-state index < -0.39 is 11.9 Å². The SMILES string of the molecule is Cc1nnc2n1-c1sc(C#Cc3cnn(CCCC(=O)OCCCOc4cccc5c4CN(C4CCC(=O)NC4=O)C5=O)c3)c(Cc3ccccc3)c1COC2. The van der Waals surface area contributed by atoms with Crippen LogP contribution in [0.15, 0.2) is 60.9 Å². The molecule has 0 saturated carbocycles. The van der Waals surface area contributed by atoms with Gasteiger partial charge in [-0.2, -0.15) is 5.10 Å². The average Bonchev–Trinajstić information content (AvgIpc) is 3.94. The summed E-state index contributed by atoms with van der Waals surface area (Å²) in [6.07, 6.45) is 6.08. The number of hydrogen-bond donors (Lipinski definition) is 1. The average molecular weight is 774 g/mol. The van der Waals surface area contributed by atoms with Gasteiger partial charge in [0.25, 0.3) is 5.91 Å². The predicted molar refractivity (Wildman–Crippen MR) is 203 cm³/mol. The van der Waals surface area contributed by atoms with Gasteiger partial charge in [-0.15, -0.1) is 21.5 Å². The summed E-state index contributed by atoms with van der Waals surface area (Å²) in [6.45, 7) is 4.06. The number of amides is 3. The lowest BCUT2D eigenvalue weighted by Crippen LogP contribution is -2.52. The number of fused-ring (bicyclic) bond motifs is 4. The number of nitrogens with one attached hydrogen (secondary N) is 1. The molecule has 1 unspecified atom stereocenters. The molecular formula is C41H39N7O7S. The van der Waals surface area contributed by atoms with E-state index in [1.807, 2.05) is 31.3 Å². The number of esters is 1. The summed E-state index contributed by atoms with van der Waals surface area (Å²) in [4.78, 5) is 51.9. The molecule has 3 amide bonds. The Morgan fingerprint density at radius 3 is 2.75 bits per heavy atom. The van der Waals surface area contributed by atoms with E-state index in [0.29, 0.717) is 55.9 Å². The van der Waals surface area contributed by atoms with E-state index in [9.17, 15) is 19.2 Å². The van der Waals surface area contributed by atoms with Gasteiger partial charge in [0.05, 0.1) is 43.0 Å². The van der Waals surface area contributed by atoms with Crippen molar-refractivity contribution in [2.75, 3.05) is 13.2 Å². The van der Waals surface area contributed by atoms with Crippen molar-refractivity contribution in [3.05, 3.63) is 111 Å². The minimum atomic E-state index is -0.693. The molecule has 56 heavy (non-hydrogen) atoms. The molecule has 3 aliphatic heterocycles. The molecule has 6 heterocycles. The van der Waals surface area contributed by atoms with E-state index in [2.05, 4.69) is 49.2 Å². The number of carbonyl (C=O) groups is 4. The van der Waals surface area contributed by atoms with Crippen LogP contribution >= 0.6 is 11.3 Å². The van der Waals surface area contributed by atoms with Gasteiger partial charge in [0.15, 0.2) is 5.82 Å². The second-order valence-electron chi connectivity index (χ2n) is 13.8. The third kappa shape index (κ3) is 7.84. The van der Waals surface area contributed by atoms with Crippen LogP contribution in [-0.4, -0.2) is 72.4 Å². The van der Waals surface area contributed by atoms with Gasteiger partial charge in [-0.05, 0) is 49.4 Å². The molecule has 0 aliphatic carbocycles. The summed E-state index contributed by atoms with van der Waals surface area (Å²) in [5, 5.41) is 16.4. The number of carbonyl (C=O) groups excluding carboxylic acids is 4. The fraction of sp³-hybridized carbons (Fsp3) is 0.341. The van der Waals surface area contributed by atoms with Crippen molar-refractivity contribution in [2.24, 2.45) is 0 Å². The topological polar surface area (TPSA) is 160 Å². The number of rotatable bonds is 12. The monoisotopic (exact) mass is 773 g/mol. The molecule has 286 valence electrons. The molecule has 3 aromatic heterocycles. The Hall–Kier alpha value is -6.11. The third-order valence-corrected chi connectivity index (χ3v) is 11.1. The van der Waals surface area contributed by atoms with Crippen LogP contribution in [0.5, 0.6) is 5.75 Å². The molecule has 0 radical (unpaired) electrons. The number of aromatic nitrogens is 5. The number of benzene rings is 2. The van der Waals surface area contributed by atoms with Crippen LogP contribution in [-0.2, 0) is 56.6 Å². The van der Waals surface area contributed by atoms with Crippen molar-refractivity contribution in [3.8, 4) is 22.6 Å². The van der Waals surface area contributed by atoms with Crippen molar-refractivity contribution in [1.29, 1.82) is 0 Å². The quantitative estimate of drug-likeness (QED) is 0.0833. The van der Waals surface area contributed by atoms with E-state index >= 15 is 0 Å². The predicted octanol–water partition coefficient (Wildman–Crippen LogP) is 4.41. The molecule has 8 rings (SSSR count). The first-order valence-corrected chi connectivity index (χ1v) is 19.4. The maximum atomic E-state index is 13.1. The highest BCUT2D eigenvalue weighted by Crippen LogP contribution is 2.37. The van der Waals surface area contributed by atoms with Crippen LogP contribution in [0.4, 0.5) is 0 Å². The first kappa shape index (κ1) is 36.8. The molecule has 15 heteroatoms. The molecule has 14 nitrogen and oxygen atoms in total. The third-order valence-electron chi connectivity index (χ3n) is 9.96. The van der Waals surface area contributed by atoms with Crippen molar-refractivity contribution < 1.29 is 33.4 Å². The van der Waals surface area contributed by atoms with Crippen LogP contribution in [0, 0.1) is 18.8 Å². The zero-order valence-electron chi connectivity index (χ0n) is 30.8. The molecule has 3 aliphatic rings. The van der Waals surface area contributed by atoms with Gasteiger partial charge in [-0.1, -0.05) is 48.2 Å². The Labute approximate surface area is 326 Å².